The number of hydrogen-bond acceptors (Lipinski definition) is 4. The Morgan fingerprint density at radius 3 is 2.58 bits per heavy atom. The number of nitrogens with one attached hydrogen (secondary N) is 2. The summed E-state index contributed by atoms with van der Waals surface area (Å²) in [5, 5.41) is 5.92. The molecule has 2 N–H and O–H groups in total. The minimum absolute atomic E-state index is 0.144. The first-order valence-electron chi connectivity index (χ1n) is 6.21. The van der Waals surface area contributed by atoms with Gasteiger partial charge in [0.05, 0.1) is 12.7 Å². The third-order valence-electron chi connectivity index (χ3n) is 2.90. The van der Waals surface area contributed by atoms with Crippen molar-refractivity contribution in [3.63, 3.8) is 0 Å². The number of anilines is 2. The summed E-state index contributed by atoms with van der Waals surface area (Å²) in [7, 11) is 3.05. The molecule has 1 aromatic rings. The average molecular weight is 266 g/mol. The van der Waals surface area contributed by atoms with Gasteiger partial charge < -0.3 is 14.8 Å². The molecule has 1 rings (SSSR count). The van der Waals surface area contributed by atoms with Crippen LogP contribution in [-0.2, 0) is 9.47 Å². The summed E-state index contributed by atoms with van der Waals surface area (Å²) in [6.45, 7) is 4.89. The molecule has 0 heterocycles. The van der Waals surface area contributed by atoms with Gasteiger partial charge in [-0.15, -0.1) is 0 Å². The Kier molecular flexibility index (Phi) is 5.63. The summed E-state index contributed by atoms with van der Waals surface area (Å²) in [5.41, 5.74) is 1.50. The Balaban J connectivity index is 2.51. The molecule has 5 nitrogen and oxygen atoms in total. The van der Waals surface area contributed by atoms with E-state index in [0.29, 0.717) is 5.69 Å². The lowest BCUT2D eigenvalue weighted by Crippen LogP contribution is -2.25. The summed E-state index contributed by atoms with van der Waals surface area (Å²) in [6.07, 6.45) is 0.413. The van der Waals surface area contributed by atoms with Crippen molar-refractivity contribution >= 4 is 17.5 Å². The topological polar surface area (TPSA) is 59.6 Å². The van der Waals surface area contributed by atoms with E-state index >= 15 is 0 Å². The first-order chi connectivity index (χ1) is 8.96. The number of rotatable bonds is 6. The standard InChI is InChI=1S/C14H22N2O3/c1-14(2,19-4)8-9-15-11-6-5-7-12(10-11)16-13(17)18-3/h5-7,10,15H,8-9H2,1-4H3,(H,16,17). The summed E-state index contributed by atoms with van der Waals surface area (Å²) in [6, 6.07) is 7.48. The minimum atomic E-state index is -0.474. The molecule has 0 saturated carbocycles. The van der Waals surface area contributed by atoms with Crippen LogP contribution in [0.3, 0.4) is 0 Å². The van der Waals surface area contributed by atoms with Gasteiger partial charge in [-0.1, -0.05) is 6.07 Å². The van der Waals surface area contributed by atoms with Gasteiger partial charge in [-0.25, -0.2) is 4.79 Å². The van der Waals surface area contributed by atoms with Crippen molar-refractivity contribution in [2.45, 2.75) is 25.9 Å². The second kappa shape index (κ2) is 6.99. The number of ether oxygens (including phenoxy) is 2. The molecule has 19 heavy (non-hydrogen) atoms. The smallest absolute Gasteiger partial charge is 0.411 e. The Morgan fingerprint density at radius 2 is 1.95 bits per heavy atom. The van der Waals surface area contributed by atoms with Crippen LogP contribution in [0.25, 0.3) is 0 Å². The molecule has 0 saturated heterocycles. The zero-order valence-corrected chi connectivity index (χ0v) is 11.9. The van der Waals surface area contributed by atoms with E-state index in [1.165, 1.54) is 7.11 Å². The third kappa shape index (κ3) is 5.61. The van der Waals surface area contributed by atoms with Gasteiger partial charge in [0, 0.05) is 25.0 Å². The zero-order valence-electron chi connectivity index (χ0n) is 11.9. The Bertz CT molecular complexity index is 419. The number of amides is 1. The van der Waals surface area contributed by atoms with E-state index in [1.54, 1.807) is 13.2 Å². The normalized spacial score (nSPS) is 10.9. The van der Waals surface area contributed by atoms with Crippen LogP contribution in [0, 0.1) is 0 Å². The van der Waals surface area contributed by atoms with Crippen molar-refractivity contribution < 1.29 is 14.3 Å². The van der Waals surface area contributed by atoms with Crippen LogP contribution < -0.4 is 10.6 Å². The van der Waals surface area contributed by atoms with E-state index in [-0.39, 0.29) is 5.60 Å². The molecule has 0 aliphatic rings. The first kappa shape index (κ1) is 15.3. The van der Waals surface area contributed by atoms with Gasteiger partial charge in [-0.2, -0.15) is 0 Å². The second-order valence-corrected chi connectivity index (χ2v) is 4.84. The highest BCUT2D eigenvalue weighted by Gasteiger charge is 2.15. The number of benzene rings is 1. The van der Waals surface area contributed by atoms with Crippen molar-refractivity contribution in [3.8, 4) is 0 Å². The molecule has 0 spiro atoms. The molecule has 1 amide bonds. The molecule has 0 aliphatic carbocycles. The van der Waals surface area contributed by atoms with Crippen LogP contribution in [-0.4, -0.2) is 32.5 Å². The molecule has 106 valence electrons. The van der Waals surface area contributed by atoms with Gasteiger partial charge in [-0.05, 0) is 38.5 Å². The summed E-state index contributed by atoms with van der Waals surface area (Å²) in [4.78, 5) is 11.1. The second-order valence-electron chi connectivity index (χ2n) is 4.84. The molecule has 0 atom stereocenters. The lowest BCUT2D eigenvalue weighted by atomic mass is 10.1. The Labute approximate surface area is 114 Å². The van der Waals surface area contributed by atoms with Gasteiger partial charge in [0.1, 0.15) is 0 Å². The lowest BCUT2D eigenvalue weighted by molar-refractivity contribution is 0.0185. The van der Waals surface area contributed by atoms with Gasteiger partial charge in [0.25, 0.3) is 0 Å². The maximum atomic E-state index is 11.1. The maximum absolute atomic E-state index is 11.1. The van der Waals surface area contributed by atoms with Gasteiger partial charge in [0.2, 0.25) is 0 Å². The summed E-state index contributed by atoms with van der Waals surface area (Å²) >= 11 is 0. The zero-order chi connectivity index (χ0) is 14.3. The molecular weight excluding hydrogens is 244 g/mol. The highest BCUT2D eigenvalue weighted by atomic mass is 16.5. The van der Waals surface area contributed by atoms with E-state index in [0.717, 1.165) is 18.7 Å². The molecule has 5 heteroatoms. The van der Waals surface area contributed by atoms with E-state index in [2.05, 4.69) is 15.4 Å². The number of carbonyl (C=O) groups excluding carboxylic acids is 1. The van der Waals surface area contributed by atoms with E-state index in [9.17, 15) is 4.79 Å². The molecule has 0 bridgehead atoms. The molecule has 0 fully saturated rings. The van der Waals surface area contributed by atoms with Crippen LogP contribution in [0.15, 0.2) is 24.3 Å². The first-order valence-corrected chi connectivity index (χ1v) is 6.21. The number of hydrogen-bond donors (Lipinski definition) is 2. The van der Waals surface area contributed by atoms with Crippen LogP contribution in [0.4, 0.5) is 16.2 Å². The highest BCUT2D eigenvalue weighted by Crippen LogP contribution is 2.17. The quantitative estimate of drug-likeness (QED) is 0.830. The molecule has 0 aliphatic heterocycles. The summed E-state index contributed by atoms with van der Waals surface area (Å²) < 4.78 is 9.90. The van der Waals surface area contributed by atoms with Crippen LogP contribution in [0.1, 0.15) is 20.3 Å². The summed E-state index contributed by atoms with van der Waals surface area (Å²) in [5.74, 6) is 0. The highest BCUT2D eigenvalue weighted by molar-refractivity contribution is 5.85. The van der Waals surface area contributed by atoms with Gasteiger partial charge >= 0.3 is 6.09 Å². The Morgan fingerprint density at radius 1 is 1.26 bits per heavy atom. The largest absolute Gasteiger partial charge is 0.453 e. The number of methoxy groups -OCH3 is 2. The average Bonchev–Trinajstić information content (AvgIpc) is 2.39. The van der Waals surface area contributed by atoms with Crippen molar-refractivity contribution in [2.24, 2.45) is 0 Å². The monoisotopic (exact) mass is 266 g/mol. The van der Waals surface area contributed by atoms with Crippen molar-refractivity contribution in [3.05, 3.63) is 24.3 Å². The van der Waals surface area contributed by atoms with Crippen molar-refractivity contribution in [2.75, 3.05) is 31.4 Å². The van der Waals surface area contributed by atoms with Gasteiger partial charge in [0.15, 0.2) is 0 Å². The molecule has 0 aromatic heterocycles. The Hall–Kier alpha value is -1.75. The number of carbonyl (C=O) groups is 1. The molecule has 0 radical (unpaired) electrons. The van der Waals surface area contributed by atoms with E-state index in [1.807, 2.05) is 32.0 Å². The predicted molar refractivity (Wildman–Crippen MR) is 76.7 cm³/mol. The van der Waals surface area contributed by atoms with Crippen LogP contribution in [0.2, 0.25) is 0 Å². The van der Waals surface area contributed by atoms with Crippen molar-refractivity contribution in [1.82, 2.24) is 0 Å². The van der Waals surface area contributed by atoms with Crippen LogP contribution in [0.5, 0.6) is 0 Å². The molecular formula is C14H22N2O3. The van der Waals surface area contributed by atoms with Crippen LogP contribution >= 0.6 is 0 Å². The van der Waals surface area contributed by atoms with Crippen molar-refractivity contribution in [1.29, 1.82) is 0 Å². The van der Waals surface area contributed by atoms with Gasteiger partial charge in [-0.3, -0.25) is 5.32 Å². The molecule has 1 aromatic carbocycles. The SMILES string of the molecule is COC(=O)Nc1cccc(NCCC(C)(C)OC)c1. The lowest BCUT2D eigenvalue weighted by Gasteiger charge is -2.23. The predicted octanol–water partition coefficient (Wildman–Crippen LogP) is 3.09. The third-order valence-corrected chi connectivity index (χ3v) is 2.90. The minimum Gasteiger partial charge on any atom is -0.453 e. The fourth-order valence-corrected chi connectivity index (χ4v) is 1.49. The van der Waals surface area contributed by atoms with E-state index < -0.39 is 6.09 Å². The fraction of sp³-hybridized carbons (Fsp3) is 0.500. The van der Waals surface area contributed by atoms with E-state index in [4.69, 9.17) is 4.74 Å². The molecule has 0 unspecified atom stereocenters. The fourth-order valence-electron chi connectivity index (χ4n) is 1.49. The maximum Gasteiger partial charge on any atom is 0.411 e.